The highest BCUT2D eigenvalue weighted by Crippen LogP contribution is 2.21. The van der Waals surface area contributed by atoms with Gasteiger partial charge in [-0.25, -0.2) is 18.2 Å². The van der Waals surface area contributed by atoms with Gasteiger partial charge in [-0.15, -0.1) is 11.3 Å². The number of carboxylic acid groups (broad SMARTS) is 1. The molecule has 0 unspecified atom stereocenters. The molecule has 0 atom stereocenters. The Morgan fingerprint density at radius 2 is 2.00 bits per heavy atom. The molecule has 106 valence electrons. The van der Waals surface area contributed by atoms with Crippen LogP contribution in [0.4, 0.5) is 5.00 Å². The number of nitrogens with one attached hydrogen (secondary N) is 1. The number of sulfonamides is 1. The number of aromatic nitrogens is 1. The van der Waals surface area contributed by atoms with E-state index in [0.717, 1.165) is 16.9 Å². The van der Waals surface area contributed by atoms with Gasteiger partial charge in [-0.3, -0.25) is 4.72 Å². The lowest BCUT2D eigenvalue weighted by Gasteiger charge is -2.06. The van der Waals surface area contributed by atoms with Gasteiger partial charge in [0.25, 0.3) is 0 Å². The van der Waals surface area contributed by atoms with E-state index >= 15 is 0 Å². The number of aromatic carboxylic acids is 1. The van der Waals surface area contributed by atoms with Crippen molar-refractivity contribution in [3.63, 3.8) is 0 Å². The van der Waals surface area contributed by atoms with Crippen LogP contribution in [0.25, 0.3) is 0 Å². The standard InChI is InChI=1S/C12H12N2O4S2/c15-12(16)10-11(19-8-13-10)14-20(17,18)7-6-9-4-2-1-3-5-9/h1-5,8,14H,6-7H2,(H,15,16). The summed E-state index contributed by atoms with van der Waals surface area (Å²) in [6.45, 7) is 0. The molecule has 6 nitrogen and oxygen atoms in total. The van der Waals surface area contributed by atoms with Crippen LogP contribution in [0.1, 0.15) is 16.1 Å². The maximum absolute atomic E-state index is 11.9. The average Bonchev–Trinajstić information content (AvgIpc) is 2.85. The topological polar surface area (TPSA) is 96.4 Å². The van der Waals surface area contributed by atoms with Crippen molar-refractivity contribution in [1.82, 2.24) is 4.98 Å². The van der Waals surface area contributed by atoms with E-state index in [-0.39, 0.29) is 16.4 Å². The number of carboxylic acids is 1. The molecule has 2 N–H and O–H groups in total. The zero-order chi connectivity index (χ0) is 14.6. The summed E-state index contributed by atoms with van der Waals surface area (Å²) in [6, 6.07) is 9.20. The van der Waals surface area contributed by atoms with E-state index in [4.69, 9.17) is 5.11 Å². The third kappa shape index (κ3) is 3.78. The van der Waals surface area contributed by atoms with Crippen molar-refractivity contribution in [2.75, 3.05) is 10.5 Å². The largest absolute Gasteiger partial charge is 0.476 e. The fourth-order valence-electron chi connectivity index (χ4n) is 1.56. The molecular formula is C12H12N2O4S2. The first-order valence-corrected chi connectivity index (χ1v) is 8.22. The Morgan fingerprint density at radius 3 is 2.65 bits per heavy atom. The number of benzene rings is 1. The summed E-state index contributed by atoms with van der Waals surface area (Å²) in [4.78, 5) is 14.5. The van der Waals surface area contributed by atoms with E-state index in [2.05, 4.69) is 9.71 Å². The third-order valence-electron chi connectivity index (χ3n) is 2.52. The molecule has 1 aromatic carbocycles. The van der Waals surface area contributed by atoms with Gasteiger partial charge >= 0.3 is 5.97 Å². The highest BCUT2D eigenvalue weighted by atomic mass is 32.2. The van der Waals surface area contributed by atoms with E-state index in [1.807, 2.05) is 30.3 Å². The molecule has 0 fully saturated rings. The number of carbonyl (C=O) groups is 1. The summed E-state index contributed by atoms with van der Waals surface area (Å²) in [5, 5.41) is 8.90. The molecule has 2 aromatic rings. The first-order valence-electron chi connectivity index (χ1n) is 5.69. The van der Waals surface area contributed by atoms with Crippen LogP contribution in [0.5, 0.6) is 0 Å². The van der Waals surface area contributed by atoms with Crippen molar-refractivity contribution in [3.05, 3.63) is 47.1 Å². The molecule has 0 saturated carbocycles. The normalized spacial score (nSPS) is 11.2. The molecule has 0 spiro atoms. The van der Waals surface area contributed by atoms with Crippen molar-refractivity contribution >= 4 is 32.3 Å². The van der Waals surface area contributed by atoms with Gasteiger partial charge in [0.15, 0.2) is 5.69 Å². The summed E-state index contributed by atoms with van der Waals surface area (Å²) in [5.74, 6) is -1.37. The molecule has 0 aliphatic carbocycles. The lowest BCUT2D eigenvalue weighted by molar-refractivity contribution is 0.0692. The molecule has 0 saturated heterocycles. The molecule has 20 heavy (non-hydrogen) atoms. The van der Waals surface area contributed by atoms with Crippen LogP contribution in [0.2, 0.25) is 0 Å². The van der Waals surface area contributed by atoms with E-state index in [9.17, 15) is 13.2 Å². The first kappa shape index (κ1) is 14.5. The number of nitrogens with zero attached hydrogens (tertiary/aromatic N) is 1. The summed E-state index contributed by atoms with van der Waals surface area (Å²) in [5.41, 5.74) is 1.91. The van der Waals surface area contributed by atoms with Crippen molar-refractivity contribution < 1.29 is 18.3 Å². The van der Waals surface area contributed by atoms with E-state index < -0.39 is 16.0 Å². The van der Waals surface area contributed by atoms with Crippen LogP contribution < -0.4 is 4.72 Å². The first-order chi connectivity index (χ1) is 9.48. The smallest absolute Gasteiger partial charge is 0.357 e. The fourth-order valence-corrected chi connectivity index (χ4v) is 3.63. The van der Waals surface area contributed by atoms with E-state index in [1.54, 1.807) is 0 Å². The Labute approximate surface area is 120 Å². The second-order valence-corrected chi connectivity index (χ2v) is 6.69. The van der Waals surface area contributed by atoms with Gasteiger partial charge < -0.3 is 5.11 Å². The quantitative estimate of drug-likeness (QED) is 0.848. The predicted molar refractivity (Wildman–Crippen MR) is 76.6 cm³/mol. The SMILES string of the molecule is O=C(O)c1ncsc1NS(=O)(=O)CCc1ccccc1. The summed E-state index contributed by atoms with van der Waals surface area (Å²) in [7, 11) is -3.60. The summed E-state index contributed by atoms with van der Waals surface area (Å²) < 4.78 is 26.1. The maximum Gasteiger partial charge on any atom is 0.357 e. The molecule has 1 heterocycles. The monoisotopic (exact) mass is 312 g/mol. The average molecular weight is 312 g/mol. The minimum absolute atomic E-state index is 0.0329. The number of aryl methyl sites for hydroxylation is 1. The highest BCUT2D eigenvalue weighted by molar-refractivity contribution is 7.92. The molecule has 0 aliphatic heterocycles. The third-order valence-corrected chi connectivity index (χ3v) is 4.65. The maximum atomic E-state index is 11.9. The Hall–Kier alpha value is -1.93. The van der Waals surface area contributed by atoms with Gasteiger partial charge in [-0.2, -0.15) is 0 Å². The minimum atomic E-state index is -3.60. The van der Waals surface area contributed by atoms with Crippen molar-refractivity contribution in [2.45, 2.75) is 6.42 Å². The van der Waals surface area contributed by atoms with Crippen molar-refractivity contribution in [2.24, 2.45) is 0 Å². The van der Waals surface area contributed by atoms with Crippen LogP contribution >= 0.6 is 11.3 Å². The van der Waals surface area contributed by atoms with Crippen molar-refractivity contribution in [1.29, 1.82) is 0 Å². The predicted octanol–water partition coefficient (Wildman–Crippen LogP) is 1.83. The minimum Gasteiger partial charge on any atom is -0.476 e. The van der Waals surface area contributed by atoms with Gasteiger partial charge in [0.1, 0.15) is 5.00 Å². The Kier molecular flexibility index (Phi) is 4.35. The molecule has 0 aliphatic rings. The van der Waals surface area contributed by atoms with Crippen LogP contribution in [-0.2, 0) is 16.4 Å². The zero-order valence-electron chi connectivity index (χ0n) is 10.3. The zero-order valence-corrected chi connectivity index (χ0v) is 11.9. The van der Waals surface area contributed by atoms with Gasteiger partial charge in [-0.1, -0.05) is 30.3 Å². The number of hydrogen-bond acceptors (Lipinski definition) is 5. The van der Waals surface area contributed by atoms with Gasteiger partial charge in [0.2, 0.25) is 10.0 Å². The number of hydrogen-bond donors (Lipinski definition) is 2. The summed E-state index contributed by atoms with van der Waals surface area (Å²) in [6.07, 6.45) is 0.359. The number of thiazole rings is 1. The van der Waals surface area contributed by atoms with Crippen LogP contribution in [0, 0.1) is 0 Å². The molecular weight excluding hydrogens is 300 g/mol. The van der Waals surface area contributed by atoms with E-state index in [1.165, 1.54) is 5.51 Å². The fraction of sp³-hybridized carbons (Fsp3) is 0.167. The molecule has 1 aromatic heterocycles. The van der Waals surface area contributed by atoms with Gasteiger partial charge in [0.05, 0.1) is 11.3 Å². The molecule has 8 heteroatoms. The molecule has 0 bridgehead atoms. The summed E-state index contributed by atoms with van der Waals surface area (Å²) >= 11 is 0.944. The van der Waals surface area contributed by atoms with Crippen LogP contribution in [-0.4, -0.2) is 30.2 Å². The number of rotatable bonds is 6. The van der Waals surface area contributed by atoms with Gasteiger partial charge in [0, 0.05) is 0 Å². The number of anilines is 1. The van der Waals surface area contributed by atoms with Crippen LogP contribution in [0.15, 0.2) is 35.8 Å². The Bertz CT molecular complexity index is 695. The molecule has 2 rings (SSSR count). The lowest BCUT2D eigenvalue weighted by atomic mass is 10.2. The molecule has 0 radical (unpaired) electrons. The van der Waals surface area contributed by atoms with Gasteiger partial charge in [-0.05, 0) is 12.0 Å². The second-order valence-electron chi connectivity index (χ2n) is 3.99. The molecule has 0 amide bonds. The highest BCUT2D eigenvalue weighted by Gasteiger charge is 2.19. The lowest BCUT2D eigenvalue weighted by Crippen LogP contribution is -2.19. The second kappa shape index (κ2) is 6.02. The van der Waals surface area contributed by atoms with Crippen molar-refractivity contribution in [3.8, 4) is 0 Å². The Morgan fingerprint density at radius 1 is 1.30 bits per heavy atom. The van der Waals surface area contributed by atoms with Crippen LogP contribution in [0.3, 0.4) is 0 Å². The Balaban J connectivity index is 2.04. The van der Waals surface area contributed by atoms with E-state index in [0.29, 0.717) is 6.42 Å².